The number of nitrogens with one attached hydrogen (secondary N) is 1. The lowest BCUT2D eigenvalue weighted by molar-refractivity contribution is -0.0517. The van der Waals surface area contributed by atoms with Crippen molar-refractivity contribution >= 4 is 22.0 Å². The Bertz CT molecular complexity index is 935. The van der Waals surface area contributed by atoms with Crippen LogP contribution < -0.4 is 23.8 Å². The second kappa shape index (κ2) is 8.65. The van der Waals surface area contributed by atoms with Gasteiger partial charge in [0.15, 0.2) is 0 Å². The van der Waals surface area contributed by atoms with Gasteiger partial charge < -0.3 is 14.2 Å². The minimum Gasteiger partial charge on any atom is -0.481 e. The molecule has 28 heavy (non-hydrogen) atoms. The number of rotatable bonds is 7. The molecule has 152 valence electrons. The van der Waals surface area contributed by atoms with Crippen LogP contribution in [0, 0.1) is 0 Å². The molecule has 0 fully saturated rings. The number of amides is 2. The number of nitrogens with zero attached hydrogens (tertiary/aromatic N) is 3. The summed E-state index contributed by atoms with van der Waals surface area (Å²) in [6, 6.07) is 4.84. The number of aromatic nitrogens is 2. The number of para-hydroxylation sites is 1. The number of alkyl halides is 2. The smallest absolute Gasteiger partial charge is 0.387 e. The lowest BCUT2D eigenvalue weighted by atomic mass is 10.3. The molecule has 10 nitrogen and oxygen atoms in total. The maximum atomic E-state index is 12.5. The minimum absolute atomic E-state index is 0.0695. The zero-order valence-electron chi connectivity index (χ0n) is 14.9. The molecule has 0 radical (unpaired) electrons. The van der Waals surface area contributed by atoms with E-state index in [1.165, 1.54) is 39.5 Å². The summed E-state index contributed by atoms with van der Waals surface area (Å²) in [4.78, 5) is 20.3. The van der Waals surface area contributed by atoms with E-state index in [9.17, 15) is 22.0 Å². The molecule has 1 aromatic heterocycles. The van der Waals surface area contributed by atoms with Crippen molar-refractivity contribution < 1.29 is 36.2 Å². The third-order valence-corrected chi connectivity index (χ3v) is 4.63. The monoisotopic (exact) mass is 418 g/mol. The Morgan fingerprint density at radius 1 is 1.14 bits per heavy atom. The maximum absolute atomic E-state index is 12.5. The molecule has 1 aromatic carbocycles. The Labute approximate surface area is 159 Å². The van der Waals surface area contributed by atoms with E-state index in [0.29, 0.717) is 0 Å². The molecule has 2 aromatic rings. The number of carbonyl (C=O) groups excluding carboxylic acids is 1. The average Bonchev–Trinajstić information content (AvgIpc) is 2.66. The summed E-state index contributed by atoms with van der Waals surface area (Å²) in [5.74, 6) is -0.694. The molecule has 0 aliphatic rings. The van der Waals surface area contributed by atoms with Crippen LogP contribution >= 0.6 is 0 Å². The van der Waals surface area contributed by atoms with Gasteiger partial charge in [-0.25, -0.2) is 17.9 Å². The maximum Gasteiger partial charge on any atom is 0.387 e. The van der Waals surface area contributed by atoms with Crippen molar-refractivity contribution in [3.63, 3.8) is 0 Å². The molecular formula is C15H16F2N4O6S. The fourth-order valence-corrected chi connectivity index (χ4v) is 3.06. The molecular weight excluding hydrogens is 402 g/mol. The number of ether oxygens (including phenoxy) is 3. The van der Waals surface area contributed by atoms with Crippen LogP contribution in [-0.2, 0) is 10.0 Å². The third-order valence-electron chi connectivity index (χ3n) is 3.27. The molecule has 13 heteroatoms. The number of hydrogen-bond donors (Lipinski definition) is 1. The van der Waals surface area contributed by atoms with Crippen molar-refractivity contribution in [2.45, 2.75) is 11.5 Å². The highest BCUT2D eigenvalue weighted by molar-refractivity contribution is 7.90. The lowest BCUT2D eigenvalue weighted by Gasteiger charge is -2.18. The average molecular weight is 418 g/mol. The first-order chi connectivity index (χ1) is 13.2. The van der Waals surface area contributed by atoms with Crippen LogP contribution in [0.2, 0.25) is 0 Å². The van der Waals surface area contributed by atoms with Crippen molar-refractivity contribution in [1.29, 1.82) is 0 Å². The summed E-state index contributed by atoms with van der Waals surface area (Å²) in [6.45, 7) is -3.24. The van der Waals surface area contributed by atoms with Gasteiger partial charge in [0.25, 0.3) is 10.0 Å². The summed E-state index contributed by atoms with van der Waals surface area (Å²) in [7, 11) is -0.684. The zero-order valence-corrected chi connectivity index (χ0v) is 15.7. The lowest BCUT2D eigenvalue weighted by Crippen LogP contribution is -2.41. The highest BCUT2D eigenvalue weighted by Crippen LogP contribution is 2.25. The molecule has 0 spiro atoms. The van der Waals surface area contributed by atoms with E-state index >= 15 is 0 Å². The molecule has 1 heterocycles. The number of hydrogen-bond acceptors (Lipinski definition) is 8. The summed E-state index contributed by atoms with van der Waals surface area (Å²) in [5, 5.41) is 0. The van der Waals surface area contributed by atoms with E-state index < -0.39 is 33.3 Å². The van der Waals surface area contributed by atoms with Gasteiger partial charge in [0, 0.05) is 7.05 Å². The third kappa shape index (κ3) is 4.94. The van der Waals surface area contributed by atoms with Gasteiger partial charge in [0.1, 0.15) is 10.6 Å². The molecule has 0 aliphatic heterocycles. The van der Waals surface area contributed by atoms with Gasteiger partial charge in [0.2, 0.25) is 17.7 Å². The molecule has 0 unspecified atom stereocenters. The zero-order chi connectivity index (χ0) is 20.9. The van der Waals surface area contributed by atoms with E-state index in [1.54, 1.807) is 4.72 Å². The van der Waals surface area contributed by atoms with Gasteiger partial charge in [-0.3, -0.25) is 4.90 Å². The Hall–Kier alpha value is -3.22. The molecule has 0 aliphatic carbocycles. The Morgan fingerprint density at radius 2 is 1.71 bits per heavy atom. The predicted molar refractivity (Wildman–Crippen MR) is 92.3 cm³/mol. The summed E-state index contributed by atoms with van der Waals surface area (Å²) >= 11 is 0. The number of benzene rings is 1. The number of anilines is 1. The van der Waals surface area contributed by atoms with Crippen molar-refractivity contribution in [2.24, 2.45) is 0 Å². The fourth-order valence-electron chi connectivity index (χ4n) is 1.95. The molecule has 2 rings (SSSR count). The molecule has 0 atom stereocenters. The van der Waals surface area contributed by atoms with E-state index in [0.717, 1.165) is 17.0 Å². The Kier molecular flexibility index (Phi) is 6.51. The van der Waals surface area contributed by atoms with Crippen LogP contribution in [0.4, 0.5) is 19.5 Å². The predicted octanol–water partition coefficient (Wildman–Crippen LogP) is 1.63. The van der Waals surface area contributed by atoms with Gasteiger partial charge in [0.05, 0.1) is 20.3 Å². The first-order valence-electron chi connectivity index (χ1n) is 7.49. The summed E-state index contributed by atoms with van der Waals surface area (Å²) in [5.41, 5.74) is 0. The van der Waals surface area contributed by atoms with Crippen molar-refractivity contribution in [3.8, 4) is 17.5 Å². The Balaban J connectivity index is 2.29. The molecule has 0 saturated heterocycles. The number of halogens is 2. The SMILES string of the molecule is COc1cc(OC)nc(N(C)C(=O)NS(=O)(=O)c2ccccc2OC(F)F)n1. The summed E-state index contributed by atoms with van der Waals surface area (Å²) in [6.07, 6.45) is 0. The second-order valence-electron chi connectivity index (χ2n) is 5.05. The first-order valence-corrected chi connectivity index (χ1v) is 8.97. The highest BCUT2D eigenvalue weighted by Gasteiger charge is 2.26. The van der Waals surface area contributed by atoms with Crippen molar-refractivity contribution in [1.82, 2.24) is 14.7 Å². The number of urea groups is 1. The van der Waals surface area contributed by atoms with E-state index in [-0.39, 0.29) is 17.7 Å². The quantitative estimate of drug-likeness (QED) is 0.720. The van der Waals surface area contributed by atoms with Crippen LogP contribution in [0.15, 0.2) is 35.2 Å². The van der Waals surface area contributed by atoms with Crippen LogP contribution in [0.5, 0.6) is 17.5 Å². The van der Waals surface area contributed by atoms with E-state index in [1.807, 2.05) is 0 Å². The normalized spacial score (nSPS) is 11.1. The fraction of sp³-hybridized carbons (Fsp3) is 0.267. The number of carbonyl (C=O) groups is 1. The molecule has 2 amide bonds. The largest absolute Gasteiger partial charge is 0.481 e. The molecule has 0 saturated carbocycles. The van der Waals surface area contributed by atoms with Crippen LogP contribution in [0.25, 0.3) is 0 Å². The van der Waals surface area contributed by atoms with Gasteiger partial charge in [-0.05, 0) is 12.1 Å². The number of methoxy groups -OCH3 is 2. The van der Waals surface area contributed by atoms with Gasteiger partial charge >= 0.3 is 12.6 Å². The van der Waals surface area contributed by atoms with Gasteiger partial charge in [-0.15, -0.1) is 0 Å². The number of sulfonamides is 1. The van der Waals surface area contributed by atoms with Crippen molar-refractivity contribution in [2.75, 3.05) is 26.2 Å². The Morgan fingerprint density at radius 3 is 2.25 bits per heavy atom. The van der Waals surface area contributed by atoms with Crippen LogP contribution in [0.1, 0.15) is 0 Å². The van der Waals surface area contributed by atoms with E-state index in [2.05, 4.69) is 14.7 Å². The van der Waals surface area contributed by atoms with Gasteiger partial charge in [-0.2, -0.15) is 18.7 Å². The molecule has 1 N–H and O–H groups in total. The van der Waals surface area contributed by atoms with E-state index in [4.69, 9.17) is 9.47 Å². The van der Waals surface area contributed by atoms with Crippen molar-refractivity contribution in [3.05, 3.63) is 30.3 Å². The first kappa shape index (κ1) is 21.1. The minimum atomic E-state index is -4.54. The van der Waals surface area contributed by atoms with Crippen LogP contribution in [-0.4, -0.2) is 52.3 Å². The van der Waals surface area contributed by atoms with Crippen LogP contribution in [0.3, 0.4) is 0 Å². The molecule has 0 bridgehead atoms. The topological polar surface area (TPSA) is 120 Å². The summed E-state index contributed by atoms with van der Waals surface area (Å²) < 4.78 is 65.7. The second-order valence-corrected chi connectivity index (χ2v) is 6.70. The highest BCUT2D eigenvalue weighted by atomic mass is 32.2. The van der Waals surface area contributed by atoms with Gasteiger partial charge in [-0.1, -0.05) is 12.1 Å². The standard InChI is InChI=1S/C15H16F2N4O6S/c1-21(14-18-11(25-2)8-12(19-14)26-3)15(22)20-28(23,24)10-7-5-4-6-9(10)27-13(16)17/h4-8,13H,1-3H3,(H,20,22).